The number of amides is 1. The Morgan fingerprint density at radius 2 is 1.92 bits per heavy atom. The third kappa shape index (κ3) is 3.20. The zero-order chi connectivity index (χ0) is 17.3. The molecule has 1 heterocycles. The van der Waals surface area contributed by atoms with Crippen LogP contribution in [0.25, 0.3) is 11.4 Å². The van der Waals surface area contributed by atoms with Crippen molar-refractivity contribution in [1.82, 2.24) is 15.3 Å². The summed E-state index contributed by atoms with van der Waals surface area (Å²) in [5.41, 5.74) is 3.96. The van der Waals surface area contributed by atoms with Crippen molar-refractivity contribution in [2.75, 3.05) is 0 Å². The smallest absolute Gasteiger partial charge is 0.252 e. The molecule has 4 heteroatoms. The fourth-order valence-electron chi connectivity index (χ4n) is 3.28. The Hall–Kier alpha value is -2.88. The molecule has 126 valence electrons. The maximum Gasteiger partial charge on any atom is 0.252 e. The molecule has 0 radical (unpaired) electrons. The third-order valence-electron chi connectivity index (χ3n) is 4.95. The zero-order valence-corrected chi connectivity index (χ0v) is 14.3. The molecule has 1 aromatic heterocycles. The van der Waals surface area contributed by atoms with Crippen molar-refractivity contribution >= 4 is 5.91 Å². The minimum absolute atomic E-state index is 0.0296. The lowest BCUT2D eigenvalue weighted by atomic mass is 9.98. The molecule has 2 N–H and O–H groups in total. The second-order valence-corrected chi connectivity index (χ2v) is 6.82. The first-order chi connectivity index (χ1) is 12.2. The molecule has 0 bridgehead atoms. The highest BCUT2D eigenvalue weighted by atomic mass is 16.1. The number of nitrogens with one attached hydrogen (secondary N) is 2. The number of benzene rings is 2. The van der Waals surface area contributed by atoms with Gasteiger partial charge in [0.2, 0.25) is 0 Å². The first-order valence-electron chi connectivity index (χ1n) is 8.63. The van der Waals surface area contributed by atoms with Crippen LogP contribution >= 0.6 is 0 Å². The van der Waals surface area contributed by atoms with E-state index in [1.807, 2.05) is 24.3 Å². The normalized spacial score (nSPS) is 14.9. The Balaban J connectivity index is 1.56. The Bertz CT molecular complexity index is 895. The molecule has 0 atom stereocenters. The van der Waals surface area contributed by atoms with Gasteiger partial charge in [0.1, 0.15) is 5.82 Å². The molecule has 2 aromatic carbocycles. The summed E-state index contributed by atoms with van der Waals surface area (Å²) in [5.74, 6) is 0.688. The van der Waals surface area contributed by atoms with Gasteiger partial charge in [-0.05, 0) is 43.4 Å². The number of carbonyl (C=O) groups excluding carboxylic acids is 1. The summed E-state index contributed by atoms with van der Waals surface area (Å²) in [5, 5.41) is 3.28. The average molecular weight is 331 g/mol. The van der Waals surface area contributed by atoms with Crippen molar-refractivity contribution < 1.29 is 4.79 Å². The van der Waals surface area contributed by atoms with Gasteiger partial charge < -0.3 is 10.3 Å². The number of aromatic amines is 1. The van der Waals surface area contributed by atoms with Crippen LogP contribution in [0.4, 0.5) is 0 Å². The van der Waals surface area contributed by atoms with Crippen molar-refractivity contribution in [2.45, 2.75) is 31.7 Å². The highest BCUT2D eigenvalue weighted by Crippen LogP contribution is 2.39. The molecule has 1 fully saturated rings. The zero-order valence-electron chi connectivity index (χ0n) is 14.3. The second kappa shape index (κ2) is 6.20. The molecule has 0 spiro atoms. The maximum atomic E-state index is 12.9. The van der Waals surface area contributed by atoms with Gasteiger partial charge >= 0.3 is 0 Å². The molecule has 1 aliphatic carbocycles. The number of H-pyrrole nitrogens is 1. The molecule has 1 amide bonds. The predicted molar refractivity (Wildman–Crippen MR) is 98.3 cm³/mol. The fraction of sp³-hybridized carbons (Fsp3) is 0.238. The van der Waals surface area contributed by atoms with E-state index in [1.54, 1.807) is 12.4 Å². The first-order valence-corrected chi connectivity index (χ1v) is 8.63. The lowest BCUT2D eigenvalue weighted by molar-refractivity contribution is 0.0932. The van der Waals surface area contributed by atoms with E-state index in [1.165, 1.54) is 11.1 Å². The Morgan fingerprint density at radius 1 is 1.16 bits per heavy atom. The van der Waals surface area contributed by atoms with Crippen molar-refractivity contribution in [2.24, 2.45) is 0 Å². The van der Waals surface area contributed by atoms with E-state index in [0.29, 0.717) is 5.56 Å². The molecular formula is C21H21N3O. The number of aryl methyl sites for hydroxylation is 1. The van der Waals surface area contributed by atoms with E-state index >= 15 is 0 Å². The van der Waals surface area contributed by atoms with Crippen molar-refractivity contribution in [1.29, 1.82) is 0 Å². The SMILES string of the molecule is Cc1ccccc1CC1(NC(=O)c2ccccc2-c2ncc[nH]2)CC1. The Morgan fingerprint density at radius 3 is 2.64 bits per heavy atom. The second-order valence-electron chi connectivity index (χ2n) is 6.82. The largest absolute Gasteiger partial charge is 0.346 e. The number of aromatic nitrogens is 2. The van der Waals surface area contributed by atoms with E-state index in [2.05, 4.69) is 46.5 Å². The van der Waals surface area contributed by atoms with E-state index in [4.69, 9.17) is 0 Å². The van der Waals surface area contributed by atoms with Crippen LogP contribution in [0.3, 0.4) is 0 Å². The van der Waals surface area contributed by atoms with Gasteiger partial charge in [0.15, 0.2) is 0 Å². The average Bonchev–Trinajstić information content (AvgIpc) is 3.16. The fourth-order valence-corrected chi connectivity index (χ4v) is 3.28. The molecule has 1 aliphatic rings. The molecular weight excluding hydrogens is 310 g/mol. The van der Waals surface area contributed by atoms with Gasteiger partial charge in [0, 0.05) is 23.5 Å². The molecule has 4 rings (SSSR count). The van der Waals surface area contributed by atoms with E-state index < -0.39 is 0 Å². The van der Waals surface area contributed by atoms with Crippen LogP contribution in [-0.4, -0.2) is 21.4 Å². The standard InChI is InChI=1S/C21H21N3O/c1-15-6-2-3-7-16(15)14-21(10-11-21)24-20(25)18-9-5-4-8-17(18)19-22-12-13-23-19/h2-9,12-13H,10-11,14H2,1H3,(H,22,23)(H,24,25). The summed E-state index contributed by atoms with van der Waals surface area (Å²) in [7, 11) is 0. The topological polar surface area (TPSA) is 57.8 Å². The van der Waals surface area contributed by atoms with Gasteiger partial charge in [-0.15, -0.1) is 0 Å². The summed E-state index contributed by atoms with van der Waals surface area (Å²) in [4.78, 5) is 20.3. The number of nitrogens with zero attached hydrogens (tertiary/aromatic N) is 1. The van der Waals surface area contributed by atoms with Gasteiger partial charge in [-0.1, -0.05) is 42.5 Å². The highest BCUT2D eigenvalue weighted by molar-refractivity contribution is 6.00. The summed E-state index contributed by atoms with van der Waals surface area (Å²) in [6.45, 7) is 2.12. The summed E-state index contributed by atoms with van der Waals surface area (Å²) in [6, 6.07) is 16.0. The van der Waals surface area contributed by atoms with Gasteiger partial charge in [0.25, 0.3) is 5.91 Å². The van der Waals surface area contributed by atoms with E-state index in [0.717, 1.165) is 30.7 Å². The van der Waals surface area contributed by atoms with Crippen LogP contribution in [0.2, 0.25) is 0 Å². The molecule has 25 heavy (non-hydrogen) atoms. The molecule has 3 aromatic rings. The number of hydrogen-bond donors (Lipinski definition) is 2. The van der Waals surface area contributed by atoms with Gasteiger partial charge in [-0.25, -0.2) is 4.98 Å². The number of carbonyl (C=O) groups is 1. The summed E-state index contributed by atoms with van der Waals surface area (Å²) < 4.78 is 0. The maximum absolute atomic E-state index is 12.9. The quantitative estimate of drug-likeness (QED) is 0.745. The molecule has 0 unspecified atom stereocenters. The predicted octanol–water partition coefficient (Wildman–Crippen LogP) is 3.89. The Kier molecular flexibility index (Phi) is 3.88. The van der Waals surface area contributed by atoms with Crippen LogP contribution in [-0.2, 0) is 6.42 Å². The summed E-state index contributed by atoms with van der Waals surface area (Å²) in [6.07, 6.45) is 6.40. The van der Waals surface area contributed by atoms with Crippen molar-refractivity contribution in [3.63, 3.8) is 0 Å². The minimum atomic E-state index is -0.112. The minimum Gasteiger partial charge on any atom is -0.346 e. The first kappa shape index (κ1) is 15.6. The lowest BCUT2D eigenvalue weighted by Crippen LogP contribution is -2.39. The number of rotatable bonds is 5. The van der Waals surface area contributed by atoms with E-state index in [-0.39, 0.29) is 11.4 Å². The van der Waals surface area contributed by atoms with Crippen molar-refractivity contribution in [3.05, 3.63) is 77.6 Å². The van der Waals surface area contributed by atoms with Gasteiger partial charge in [0.05, 0.1) is 5.56 Å². The van der Waals surface area contributed by atoms with Crippen molar-refractivity contribution in [3.8, 4) is 11.4 Å². The van der Waals surface area contributed by atoms with Crippen LogP contribution in [0, 0.1) is 6.92 Å². The number of hydrogen-bond acceptors (Lipinski definition) is 2. The third-order valence-corrected chi connectivity index (χ3v) is 4.95. The molecule has 0 aliphatic heterocycles. The van der Waals surface area contributed by atoms with Crippen LogP contribution in [0.5, 0.6) is 0 Å². The van der Waals surface area contributed by atoms with Gasteiger partial charge in [-0.2, -0.15) is 0 Å². The summed E-state index contributed by atoms with van der Waals surface area (Å²) >= 11 is 0. The lowest BCUT2D eigenvalue weighted by Gasteiger charge is -2.19. The highest BCUT2D eigenvalue weighted by Gasteiger charge is 2.44. The van der Waals surface area contributed by atoms with Gasteiger partial charge in [-0.3, -0.25) is 4.79 Å². The Labute approximate surface area is 147 Å². The molecule has 4 nitrogen and oxygen atoms in total. The monoisotopic (exact) mass is 331 g/mol. The van der Waals surface area contributed by atoms with E-state index in [9.17, 15) is 4.79 Å². The van der Waals surface area contributed by atoms with Crippen LogP contribution < -0.4 is 5.32 Å². The number of imidazole rings is 1. The van der Waals surface area contributed by atoms with Crippen LogP contribution in [0.1, 0.15) is 34.3 Å². The molecule has 1 saturated carbocycles. The van der Waals surface area contributed by atoms with Crippen LogP contribution in [0.15, 0.2) is 60.9 Å². The molecule has 0 saturated heterocycles.